The Bertz CT molecular complexity index is 1200. The maximum Gasteiger partial charge on any atom is 0.416 e. The van der Waals surface area contributed by atoms with Crippen molar-refractivity contribution in [2.45, 2.75) is 13.1 Å². The van der Waals surface area contributed by atoms with Gasteiger partial charge in [0.1, 0.15) is 5.69 Å². The summed E-state index contributed by atoms with van der Waals surface area (Å²) in [5, 5.41) is 27.5. The van der Waals surface area contributed by atoms with Gasteiger partial charge in [-0.2, -0.15) is 23.4 Å². The highest BCUT2D eigenvalue weighted by Crippen LogP contribution is 2.35. The minimum Gasteiger partial charge on any atom is -0.504 e. The fourth-order valence-electron chi connectivity index (χ4n) is 2.91. The van der Waals surface area contributed by atoms with E-state index in [0.717, 1.165) is 12.1 Å². The van der Waals surface area contributed by atoms with Crippen LogP contribution in [-0.2, 0) is 13.2 Å². The molecule has 0 spiro atoms. The highest BCUT2D eigenvalue weighted by Gasteiger charge is 2.30. The molecular weight excluding hydrogens is 429 g/mol. The van der Waals surface area contributed by atoms with E-state index in [2.05, 4.69) is 15.6 Å². The molecule has 0 aliphatic rings. The van der Waals surface area contributed by atoms with Gasteiger partial charge in [-0.3, -0.25) is 9.48 Å². The molecule has 3 aromatic rings. The van der Waals surface area contributed by atoms with Gasteiger partial charge in [-0.05, 0) is 43.3 Å². The van der Waals surface area contributed by atoms with E-state index in [1.807, 2.05) is 0 Å². The zero-order valence-electron chi connectivity index (χ0n) is 16.8. The number of hydrogen-bond acceptors (Lipinski definition) is 5. The van der Waals surface area contributed by atoms with Gasteiger partial charge in [0.2, 0.25) is 0 Å². The number of carboxylic acid groups (broad SMARTS) is 1. The predicted molar refractivity (Wildman–Crippen MR) is 108 cm³/mol. The highest BCUT2D eigenvalue weighted by molar-refractivity contribution is 6.02. The highest BCUT2D eigenvalue weighted by atomic mass is 19.4. The number of aromatic nitrogens is 2. The molecular formula is C21H17F3N4O4. The number of nitrogens with one attached hydrogen (secondary N) is 1. The largest absolute Gasteiger partial charge is 0.504 e. The summed E-state index contributed by atoms with van der Waals surface area (Å²) in [4.78, 5) is 23.1. The van der Waals surface area contributed by atoms with Crippen LogP contribution in [0, 0.1) is 0 Å². The summed E-state index contributed by atoms with van der Waals surface area (Å²) in [6.07, 6.45) is -4.48. The molecule has 0 saturated heterocycles. The van der Waals surface area contributed by atoms with Crippen LogP contribution in [0.4, 0.5) is 13.2 Å². The van der Waals surface area contributed by atoms with Crippen molar-refractivity contribution in [1.29, 1.82) is 0 Å². The first-order valence-electron chi connectivity index (χ1n) is 9.11. The number of halogens is 3. The summed E-state index contributed by atoms with van der Waals surface area (Å²) in [7, 11) is 1.51. The normalized spacial score (nSPS) is 12.0. The van der Waals surface area contributed by atoms with Gasteiger partial charge in [0.25, 0.3) is 5.91 Å². The summed E-state index contributed by atoms with van der Waals surface area (Å²) in [6.45, 7) is 1.48. The lowest BCUT2D eigenvalue weighted by Gasteiger charge is -2.08. The average molecular weight is 446 g/mol. The van der Waals surface area contributed by atoms with E-state index in [1.54, 1.807) is 0 Å². The number of carboxylic acids is 1. The monoisotopic (exact) mass is 446 g/mol. The van der Waals surface area contributed by atoms with Crippen LogP contribution in [0.2, 0.25) is 0 Å². The minimum absolute atomic E-state index is 0.0236. The number of aromatic carboxylic acids is 1. The Morgan fingerprint density at radius 1 is 1.03 bits per heavy atom. The molecule has 0 saturated carbocycles. The molecule has 8 nitrogen and oxygen atoms in total. The number of hydrogen-bond donors (Lipinski definition) is 3. The van der Waals surface area contributed by atoms with Crippen LogP contribution >= 0.6 is 0 Å². The van der Waals surface area contributed by atoms with E-state index in [1.165, 1.54) is 55.1 Å². The second kappa shape index (κ2) is 8.53. The smallest absolute Gasteiger partial charge is 0.416 e. The standard InChI is InChI=1S/C21H17F3N4O4/c1-11(25-26-19(30)13-3-5-14(6-4-13)20(31)32)16-18(29)17(28(2)27-16)12-7-9-15(10-8-12)21(22,23)24/h3-10,29H,1-2H3,(H,26,30)(H,31,32)/b25-11-. The van der Waals surface area contributed by atoms with Crippen molar-refractivity contribution in [2.75, 3.05) is 0 Å². The third kappa shape index (κ3) is 4.61. The average Bonchev–Trinajstić information content (AvgIpc) is 3.05. The Morgan fingerprint density at radius 3 is 2.12 bits per heavy atom. The van der Waals surface area contributed by atoms with Crippen molar-refractivity contribution in [3.8, 4) is 17.0 Å². The molecule has 1 heterocycles. The zero-order valence-corrected chi connectivity index (χ0v) is 16.8. The molecule has 11 heteroatoms. The summed E-state index contributed by atoms with van der Waals surface area (Å²) in [6, 6.07) is 9.44. The maximum atomic E-state index is 12.8. The first kappa shape index (κ1) is 22.5. The van der Waals surface area contributed by atoms with E-state index >= 15 is 0 Å². The first-order valence-corrected chi connectivity index (χ1v) is 9.11. The second-order valence-electron chi connectivity index (χ2n) is 6.77. The summed E-state index contributed by atoms with van der Waals surface area (Å²) in [5.41, 5.74) is 2.32. The lowest BCUT2D eigenvalue weighted by atomic mass is 10.1. The number of nitrogens with zero attached hydrogens (tertiary/aromatic N) is 3. The van der Waals surface area contributed by atoms with E-state index in [9.17, 15) is 27.9 Å². The minimum atomic E-state index is -4.48. The van der Waals surface area contributed by atoms with Gasteiger partial charge in [0.05, 0.1) is 16.8 Å². The second-order valence-corrected chi connectivity index (χ2v) is 6.77. The van der Waals surface area contributed by atoms with Crippen LogP contribution in [0.15, 0.2) is 53.6 Å². The Balaban J connectivity index is 1.81. The molecule has 0 fully saturated rings. The number of carbonyl (C=O) groups is 2. The number of benzene rings is 2. The molecule has 2 aromatic carbocycles. The molecule has 0 aliphatic heterocycles. The fourth-order valence-corrected chi connectivity index (χ4v) is 2.91. The van der Waals surface area contributed by atoms with Gasteiger partial charge < -0.3 is 10.2 Å². The number of alkyl halides is 3. The van der Waals surface area contributed by atoms with Crippen LogP contribution in [0.1, 0.15) is 38.9 Å². The van der Waals surface area contributed by atoms with Crippen molar-refractivity contribution in [3.63, 3.8) is 0 Å². The molecule has 0 bridgehead atoms. The van der Waals surface area contributed by atoms with Crippen molar-refractivity contribution in [3.05, 3.63) is 70.9 Å². The van der Waals surface area contributed by atoms with Crippen LogP contribution in [-0.4, -0.2) is 37.6 Å². The fraction of sp³-hybridized carbons (Fsp3) is 0.143. The van der Waals surface area contributed by atoms with Gasteiger partial charge in [-0.1, -0.05) is 12.1 Å². The zero-order chi connectivity index (χ0) is 23.6. The number of carbonyl (C=O) groups excluding carboxylic acids is 1. The number of amides is 1. The number of aryl methyl sites for hydroxylation is 1. The van der Waals surface area contributed by atoms with E-state index in [4.69, 9.17) is 5.11 Å². The SMILES string of the molecule is C/C(=N/NC(=O)c1ccc(C(=O)O)cc1)c1nn(C)c(-c2ccc(C(F)(F)F)cc2)c1O. The van der Waals surface area contributed by atoms with Gasteiger partial charge in [-0.15, -0.1) is 0 Å². The van der Waals surface area contributed by atoms with Crippen LogP contribution < -0.4 is 5.43 Å². The Hall–Kier alpha value is -4.15. The van der Waals surface area contributed by atoms with Crippen LogP contribution in [0.3, 0.4) is 0 Å². The van der Waals surface area contributed by atoms with Crippen molar-refractivity contribution >= 4 is 17.6 Å². The Kier molecular flexibility index (Phi) is 6.01. The molecule has 1 aromatic heterocycles. The van der Waals surface area contributed by atoms with Crippen LogP contribution in [0.25, 0.3) is 11.3 Å². The molecule has 0 radical (unpaired) electrons. The molecule has 166 valence electrons. The van der Waals surface area contributed by atoms with Crippen molar-refractivity contribution in [1.82, 2.24) is 15.2 Å². The summed E-state index contributed by atoms with van der Waals surface area (Å²) in [5.74, 6) is -2.05. The Morgan fingerprint density at radius 2 is 1.59 bits per heavy atom. The van der Waals surface area contributed by atoms with Gasteiger partial charge in [0.15, 0.2) is 11.4 Å². The first-order chi connectivity index (χ1) is 15.0. The van der Waals surface area contributed by atoms with Gasteiger partial charge in [0, 0.05) is 18.2 Å². The van der Waals surface area contributed by atoms with E-state index < -0.39 is 23.6 Å². The predicted octanol–water partition coefficient (Wildman–Crippen LogP) is 3.66. The molecule has 32 heavy (non-hydrogen) atoms. The lowest BCUT2D eigenvalue weighted by molar-refractivity contribution is -0.137. The quantitative estimate of drug-likeness (QED) is 0.409. The van der Waals surface area contributed by atoms with Crippen LogP contribution in [0.5, 0.6) is 5.75 Å². The van der Waals surface area contributed by atoms with Crippen molar-refractivity contribution < 1.29 is 33.0 Å². The molecule has 1 amide bonds. The summed E-state index contributed by atoms with van der Waals surface area (Å²) >= 11 is 0. The van der Waals surface area contributed by atoms with Gasteiger partial charge in [-0.25, -0.2) is 10.2 Å². The Labute approximate surface area is 179 Å². The van der Waals surface area contributed by atoms with E-state index in [-0.39, 0.29) is 34.0 Å². The van der Waals surface area contributed by atoms with Crippen molar-refractivity contribution in [2.24, 2.45) is 12.1 Å². The van der Waals surface area contributed by atoms with E-state index in [0.29, 0.717) is 5.56 Å². The number of aromatic hydroxyl groups is 1. The number of rotatable bonds is 5. The summed E-state index contributed by atoms with van der Waals surface area (Å²) < 4.78 is 39.6. The third-order valence-electron chi connectivity index (χ3n) is 4.57. The lowest BCUT2D eigenvalue weighted by Crippen LogP contribution is -2.19. The third-order valence-corrected chi connectivity index (χ3v) is 4.57. The topological polar surface area (TPSA) is 117 Å². The number of hydrazone groups is 1. The molecule has 0 aliphatic carbocycles. The molecule has 3 N–H and O–H groups in total. The van der Waals surface area contributed by atoms with Gasteiger partial charge >= 0.3 is 12.1 Å². The molecule has 0 unspecified atom stereocenters. The maximum absolute atomic E-state index is 12.8. The molecule has 3 rings (SSSR count). The molecule has 0 atom stereocenters.